The number of rotatable bonds is 22. The highest BCUT2D eigenvalue weighted by atomic mass is 16.6. The molecule has 6 heteroatoms. The second-order valence-electron chi connectivity index (χ2n) is 13.2. The fraction of sp³-hybridized carbons (Fsp3) is 0.737. The molecule has 1 saturated heterocycles. The monoisotopic (exact) mass is 609 g/mol. The first-order valence-corrected chi connectivity index (χ1v) is 18.3. The fourth-order valence-electron chi connectivity index (χ4n) is 6.59. The number of ether oxygens (including phenoxy) is 1. The van der Waals surface area contributed by atoms with Crippen LogP contribution >= 0.6 is 0 Å². The summed E-state index contributed by atoms with van der Waals surface area (Å²) in [7, 11) is 0. The molecule has 6 nitrogen and oxygen atoms in total. The van der Waals surface area contributed by atoms with Gasteiger partial charge in [0.2, 0.25) is 5.91 Å². The summed E-state index contributed by atoms with van der Waals surface area (Å²) in [6.07, 6.45) is 27.1. The number of nitrogens with one attached hydrogen (secondary N) is 1. The van der Waals surface area contributed by atoms with Crippen molar-refractivity contribution in [2.45, 2.75) is 129 Å². The molecule has 0 saturated carbocycles. The van der Waals surface area contributed by atoms with E-state index in [0.717, 1.165) is 45.4 Å². The Morgan fingerprint density at radius 2 is 1.27 bits per heavy atom. The molecule has 3 rings (SSSR count). The third-order valence-electron chi connectivity index (χ3n) is 9.53. The van der Waals surface area contributed by atoms with E-state index in [1.165, 1.54) is 102 Å². The Labute approximate surface area is 269 Å². The van der Waals surface area contributed by atoms with Crippen molar-refractivity contribution in [1.29, 1.82) is 0 Å². The summed E-state index contributed by atoms with van der Waals surface area (Å²) in [6, 6.07) is 10.5. The normalized spacial score (nSPS) is 18.8. The molecule has 1 heterocycles. The smallest absolute Gasteiger partial charge is 0.409 e. The van der Waals surface area contributed by atoms with Gasteiger partial charge < -0.3 is 15.0 Å². The molecule has 0 radical (unpaired) electrons. The number of allylic oxidation sites excluding steroid dienone is 2. The predicted molar refractivity (Wildman–Crippen MR) is 183 cm³/mol. The second kappa shape index (κ2) is 23.1. The van der Waals surface area contributed by atoms with E-state index in [4.69, 9.17) is 4.74 Å². The topological polar surface area (TPSA) is 61.9 Å². The van der Waals surface area contributed by atoms with Gasteiger partial charge in [-0.15, -0.1) is 0 Å². The highest BCUT2D eigenvalue weighted by Crippen LogP contribution is 2.26. The zero-order chi connectivity index (χ0) is 31.1. The summed E-state index contributed by atoms with van der Waals surface area (Å²) in [4.78, 5) is 30.0. The van der Waals surface area contributed by atoms with E-state index in [9.17, 15) is 9.59 Å². The van der Waals surface area contributed by atoms with Crippen molar-refractivity contribution in [2.24, 2.45) is 11.8 Å². The summed E-state index contributed by atoms with van der Waals surface area (Å²) in [6.45, 7) is 7.31. The molecule has 0 bridgehead atoms. The van der Waals surface area contributed by atoms with Gasteiger partial charge in [0, 0.05) is 51.1 Å². The maximum atomic E-state index is 13.0. The largest absolute Gasteiger partial charge is 0.449 e. The van der Waals surface area contributed by atoms with E-state index >= 15 is 0 Å². The molecule has 1 aliphatic carbocycles. The molecular weight excluding hydrogens is 546 g/mol. The third-order valence-corrected chi connectivity index (χ3v) is 9.53. The van der Waals surface area contributed by atoms with E-state index in [2.05, 4.69) is 53.6 Å². The van der Waals surface area contributed by atoms with Gasteiger partial charge >= 0.3 is 6.09 Å². The van der Waals surface area contributed by atoms with Crippen LogP contribution in [0.1, 0.15) is 128 Å². The number of hydrogen-bond donors (Lipinski definition) is 1. The highest BCUT2D eigenvalue weighted by molar-refractivity contribution is 5.79. The number of carbonyl (C=O) groups is 2. The molecule has 1 aromatic carbocycles. The van der Waals surface area contributed by atoms with Crippen LogP contribution in [-0.2, 0) is 16.1 Å². The van der Waals surface area contributed by atoms with Crippen molar-refractivity contribution < 1.29 is 14.3 Å². The Morgan fingerprint density at radius 3 is 1.86 bits per heavy atom. The number of carbonyl (C=O) groups excluding carboxylic acids is 2. The van der Waals surface area contributed by atoms with Gasteiger partial charge in [0.05, 0.1) is 6.61 Å². The molecule has 44 heavy (non-hydrogen) atoms. The van der Waals surface area contributed by atoms with Crippen LogP contribution in [0.4, 0.5) is 4.79 Å². The van der Waals surface area contributed by atoms with Crippen LogP contribution in [0.2, 0.25) is 0 Å². The van der Waals surface area contributed by atoms with Gasteiger partial charge in [-0.05, 0) is 24.8 Å². The first kappa shape index (κ1) is 36.1. The van der Waals surface area contributed by atoms with Crippen molar-refractivity contribution in [3.8, 4) is 0 Å². The molecule has 2 aliphatic rings. The standard InChI is InChI=1S/C38H63N3O3/c1-2-3-4-5-6-7-8-9-10-11-12-13-14-15-16-22-27-39-37(42)36-26-21-20-25-35(36)33-44-38(43)41-30-28-40(29-31-41)32-34-23-18-17-19-24-34/h17-21,23-24,35-36H,2-16,22,25-33H2,1H3,(H,39,42). The molecule has 1 aliphatic heterocycles. The van der Waals surface area contributed by atoms with E-state index in [-0.39, 0.29) is 23.8 Å². The van der Waals surface area contributed by atoms with Gasteiger partial charge in [-0.3, -0.25) is 9.69 Å². The molecule has 1 N–H and O–H groups in total. The van der Waals surface area contributed by atoms with Crippen molar-refractivity contribution >= 4 is 12.0 Å². The number of piperazine rings is 1. The molecule has 2 unspecified atom stereocenters. The Bertz CT molecular complexity index is 913. The van der Waals surface area contributed by atoms with Crippen LogP contribution in [0.15, 0.2) is 42.5 Å². The summed E-state index contributed by atoms with van der Waals surface area (Å²) in [5.74, 6) is 0.0524. The quantitative estimate of drug-likeness (QED) is 0.105. The molecule has 1 aromatic rings. The summed E-state index contributed by atoms with van der Waals surface area (Å²) in [5, 5.41) is 3.18. The molecular formula is C38H63N3O3. The Hall–Kier alpha value is -2.34. The van der Waals surface area contributed by atoms with Crippen molar-refractivity contribution in [3.05, 3.63) is 48.0 Å². The Balaban J connectivity index is 1.17. The van der Waals surface area contributed by atoms with E-state index < -0.39 is 0 Å². The number of hydrogen-bond acceptors (Lipinski definition) is 4. The van der Waals surface area contributed by atoms with Crippen molar-refractivity contribution in [1.82, 2.24) is 15.1 Å². The zero-order valence-electron chi connectivity index (χ0n) is 28.0. The van der Waals surface area contributed by atoms with E-state index in [1.54, 1.807) is 0 Å². The number of amides is 2. The minimum atomic E-state index is -0.244. The lowest BCUT2D eigenvalue weighted by Gasteiger charge is -2.34. The van der Waals surface area contributed by atoms with E-state index in [1.807, 2.05) is 11.0 Å². The SMILES string of the molecule is CCCCCCCCCCCCCCCCCCNC(=O)C1CC=CCC1COC(=O)N1CCN(Cc2ccccc2)CC1. The molecule has 2 amide bonds. The first-order valence-electron chi connectivity index (χ1n) is 18.3. The van der Waals surface area contributed by atoms with Gasteiger partial charge in [-0.2, -0.15) is 0 Å². The number of benzene rings is 1. The van der Waals surface area contributed by atoms with Crippen LogP contribution in [0.5, 0.6) is 0 Å². The third kappa shape index (κ3) is 15.1. The minimum absolute atomic E-state index is 0.0501. The molecule has 0 aromatic heterocycles. The molecule has 1 fully saturated rings. The average Bonchev–Trinajstić information content (AvgIpc) is 3.06. The Kier molecular flexibility index (Phi) is 18.9. The molecule has 0 spiro atoms. The lowest BCUT2D eigenvalue weighted by Crippen LogP contribution is -2.48. The summed E-state index contributed by atoms with van der Waals surface area (Å²) in [5.41, 5.74) is 1.30. The average molecular weight is 610 g/mol. The van der Waals surface area contributed by atoms with Crippen molar-refractivity contribution in [2.75, 3.05) is 39.3 Å². The second-order valence-corrected chi connectivity index (χ2v) is 13.2. The summed E-state index contributed by atoms with van der Waals surface area (Å²) < 4.78 is 5.75. The molecule has 248 valence electrons. The Morgan fingerprint density at radius 1 is 0.727 bits per heavy atom. The van der Waals surface area contributed by atoms with E-state index in [0.29, 0.717) is 19.7 Å². The lowest BCUT2D eigenvalue weighted by atomic mass is 9.83. The summed E-state index contributed by atoms with van der Waals surface area (Å²) >= 11 is 0. The van der Waals surface area contributed by atoms with Crippen LogP contribution in [0, 0.1) is 11.8 Å². The van der Waals surface area contributed by atoms with Crippen LogP contribution in [0.3, 0.4) is 0 Å². The zero-order valence-corrected chi connectivity index (χ0v) is 28.0. The van der Waals surface area contributed by atoms with Crippen molar-refractivity contribution in [3.63, 3.8) is 0 Å². The van der Waals surface area contributed by atoms with Gasteiger partial charge in [0.1, 0.15) is 0 Å². The van der Waals surface area contributed by atoms with Crippen LogP contribution in [-0.4, -0.2) is 61.1 Å². The maximum absolute atomic E-state index is 13.0. The van der Waals surface area contributed by atoms with Gasteiger partial charge in [-0.1, -0.05) is 146 Å². The van der Waals surface area contributed by atoms with Gasteiger partial charge in [0.25, 0.3) is 0 Å². The molecule has 2 atom stereocenters. The number of nitrogens with zero attached hydrogens (tertiary/aromatic N) is 2. The lowest BCUT2D eigenvalue weighted by molar-refractivity contribution is -0.127. The number of unbranched alkanes of at least 4 members (excludes halogenated alkanes) is 15. The minimum Gasteiger partial charge on any atom is -0.449 e. The predicted octanol–water partition coefficient (Wildman–Crippen LogP) is 8.90. The van der Waals surface area contributed by atoms with Crippen LogP contribution < -0.4 is 5.32 Å². The first-order chi connectivity index (χ1) is 21.7. The maximum Gasteiger partial charge on any atom is 0.409 e. The van der Waals surface area contributed by atoms with Gasteiger partial charge in [-0.25, -0.2) is 4.79 Å². The fourth-order valence-corrected chi connectivity index (χ4v) is 6.59. The van der Waals surface area contributed by atoms with Crippen LogP contribution in [0.25, 0.3) is 0 Å². The highest BCUT2D eigenvalue weighted by Gasteiger charge is 2.31. The van der Waals surface area contributed by atoms with Gasteiger partial charge in [0.15, 0.2) is 0 Å².